The van der Waals surface area contributed by atoms with Gasteiger partial charge in [-0.1, -0.05) is 12.1 Å². The van der Waals surface area contributed by atoms with Gasteiger partial charge in [-0.25, -0.2) is 19.4 Å². The molecule has 0 bridgehead atoms. The van der Waals surface area contributed by atoms with E-state index >= 15 is 0 Å². The fraction of sp³-hybridized carbons (Fsp3) is 0.188. The van der Waals surface area contributed by atoms with E-state index < -0.39 is 56.8 Å². The molecule has 0 unspecified atom stereocenters. The summed E-state index contributed by atoms with van der Waals surface area (Å²) in [6.07, 6.45) is -15.7. The second kappa shape index (κ2) is 7.62. The van der Waals surface area contributed by atoms with E-state index in [0.717, 1.165) is 12.1 Å². The molecule has 1 aromatic carbocycles. The number of halogens is 9. The Hall–Kier alpha value is -2.97. The number of nitrogens with one attached hydrogen (secondary N) is 1. The van der Waals surface area contributed by atoms with Crippen molar-refractivity contribution in [3.8, 4) is 5.69 Å². The number of pyridine rings is 1. The molecule has 2 heterocycles. The molecule has 0 spiro atoms. The van der Waals surface area contributed by atoms with Gasteiger partial charge >= 0.3 is 24.2 Å². The molecule has 3 rings (SSSR count). The summed E-state index contributed by atoms with van der Waals surface area (Å²) in [7, 11) is 0. The Morgan fingerprint density at radius 3 is 2.00 bits per heavy atom. The third kappa shape index (κ3) is 4.70. The lowest BCUT2D eigenvalue weighted by Gasteiger charge is -2.16. The molecular weight excluding hydrogens is 467 g/mol. The van der Waals surface area contributed by atoms with Crippen LogP contribution in [0.3, 0.4) is 0 Å². The molecule has 31 heavy (non-hydrogen) atoms. The Balaban J connectivity index is 2.11. The Morgan fingerprint density at radius 1 is 0.839 bits per heavy atom. The first-order valence-electron chi connectivity index (χ1n) is 7.86. The van der Waals surface area contributed by atoms with Crippen molar-refractivity contribution in [3.63, 3.8) is 0 Å². The van der Waals surface area contributed by atoms with Crippen molar-refractivity contribution in [1.82, 2.24) is 19.7 Å². The summed E-state index contributed by atoms with van der Waals surface area (Å²) in [5.74, 6) is 0. The largest absolute Gasteiger partial charge is 0.418 e. The molecule has 0 atom stereocenters. The summed E-state index contributed by atoms with van der Waals surface area (Å²) in [5.41, 5.74) is -7.15. The maximum Gasteiger partial charge on any atom is 0.418 e. The molecule has 5 nitrogen and oxygen atoms in total. The molecule has 0 aliphatic rings. The van der Waals surface area contributed by atoms with E-state index in [1.54, 1.807) is 0 Å². The first-order valence-corrected chi connectivity index (χ1v) is 8.67. The molecule has 2 aromatic heterocycles. The topological polar surface area (TPSA) is 63.6 Å². The first kappa shape index (κ1) is 22.7. The van der Waals surface area contributed by atoms with Crippen LogP contribution in [0.1, 0.15) is 16.7 Å². The normalized spacial score (nSPS) is 12.9. The Bertz CT molecular complexity index is 1160. The number of hydrogen-bond donors (Lipinski definition) is 1. The fourth-order valence-corrected chi connectivity index (χ4v) is 3.35. The second-order valence-corrected chi connectivity index (χ2v) is 6.81. The highest BCUT2D eigenvalue weighted by Gasteiger charge is 2.44. The Kier molecular flexibility index (Phi) is 5.58. The van der Waals surface area contributed by atoms with Gasteiger partial charge < -0.3 is 0 Å². The van der Waals surface area contributed by atoms with E-state index in [4.69, 9.17) is 0 Å². The smallest absolute Gasteiger partial charge is 0.249 e. The van der Waals surface area contributed by atoms with Crippen LogP contribution in [0.15, 0.2) is 51.5 Å². The summed E-state index contributed by atoms with van der Waals surface area (Å²) in [5, 5.41) is 4.06. The van der Waals surface area contributed by atoms with Gasteiger partial charge in [-0.2, -0.15) is 39.5 Å². The molecule has 0 radical (unpaired) electrons. The minimum absolute atomic E-state index is 0.0517. The van der Waals surface area contributed by atoms with Gasteiger partial charge in [0.2, 0.25) is 5.16 Å². The predicted molar refractivity (Wildman–Crippen MR) is 87.6 cm³/mol. The summed E-state index contributed by atoms with van der Waals surface area (Å²) < 4.78 is 118. The molecule has 1 N–H and O–H groups in total. The lowest BCUT2D eigenvalue weighted by atomic mass is 10.1. The Labute approximate surface area is 169 Å². The highest BCUT2D eigenvalue weighted by molar-refractivity contribution is 7.99. The highest BCUT2D eigenvalue weighted by Crippen LogP contribution is 2.42. The van der Waals surface area contributed by atoms with Crippen LogP contribution >= 0.6 is 11.8 Å². The molecule has 15 heteroatoms. The van der Waals surface area contributed by atoms with Crippen LogP contribution in [0.4, 0.5) is 39.5 Å². The van der Waals surface area contributed by atoms with Gasteiger partial charge in [0, 0.05) is 6.20 Å². The van der Waals surface area contributed by atoms with E-state index in [0.29, 0.717) is 10.6 Å². The lowest BCUT2D eigenvalue weighted by Crippen LogP contribution is -2.20. The monoisotopic (exact) mass is 474 g/mol. The highest BCUT2D eigenvalue weighted by atomic mass is 32.2. The zero-order valence-corrected chi connectivity index (χ0v) is 15.3. The van der Waals surface area contributed by atoms with Crippen molar-refractivity contribution >= 4 is 11.8 Å². The molecule has 0 aliphatic heterocycles. The summed E-state index contributed by atoms with van der Waals surface area (Å²) in [6.45, 7) is 0. The van der Waals surface area contributed by atoms with Gasteiger partial charge in [-0.15, -0.1) is 5.10 Å². The minimum atomic E-state index is -5.39. The van der Waals surface area contributed by atoms with E-state index in [9.17, 15) is 44.3 Å². The van der Waals surface area contributed by atoms with Crippen LogP contribution in [0.2, 0.25) is 0 Å². The number of nitrogens with zero attached hydrogens (tertiary/aromatic N) is 3. The minimum Gasteiger partial charge on any atom is -0.249 e. The number of H-pyrrole nitrogens is 1. The van der Waals surface area contributed by atoms with Gasteiger partial charge in [0.1, 0.15) is 5.03 Å². The van der Waals surface area contributed by atoms with Crippen molar-refractivity contribution in [2.75, 3.05) is 0 Å². The van der Waals surface area contributed by atoms with Gasteiger partial charge in [0.25, 0.3) is 0 Å². The average molecular weight is 474 g/mol. The quantitative estimate of drug-likeness (QED) is 0.533. The Morgan fingerprint density at radius 2 is 1.42 bits per heavy atom. The molecule has 0 amide bonds. The third-order valence-electron chi connectivity index (χ3n) is 3.78. The SMILES string of the molecule is O=c1[nH]nc(Sc2cc(C(F)(F)F)c(C(F)(F)F)cn2)n1-c1ccccc1C(F)(F)F. The van der Waals surface area contributed by atoms with Crippen molar-refractivity contribution in [2.24, 2.45) is 0 Å². The number of alkyl halides is 9. The number of rotatable bonds is 3. The number of para-hydroxylation sites is 1. The maximum atomic E-state index is 13.3. The number of aromatic amines is 1. The first-order chi connectivity index (χ1) is 14.2. The van der Waals surface area contributed by atoms with Crippen LogP contribution < -0.4 is 5.69 Å². The lowest BCUT2D eigenvalue weighted by molar-refractivity contribution is -0.162. The van der Waals surface area contributed by atoms with E-state index in [-0.39, 0.29) is 24.0 Å². The van der Waals surface area contributed by atoms with Crippen molar-refractivity contribution in [1.29, 1.82) is 0 Å². The van der Waals surface area contributed by atoms with Gasteiger partial charge in [0.05, 0.1) is 22.4 Å². The molecule has 0 fully saturated rings. The summed E-state index contributed by atoms with van der Waals surface area (Å²) in [6, 6.07) is 3.90. The van der Waals surface area contributed by atoms with Crippen molar-refractivity contribution in [3.05, 3.63) is 63.7 Å². The number of hydrogen-bond acceptors (Lipinski definition) is 4. The standard InChI is InChI=1S/C16H7F9N4OS/c17-14(18,19)7-3-1-2-4-10(7)29-12(30)27-28-13(29)31-11-5-8(15(20,21)22)9(6-26-11)16(23,24)25/h1-6H,(H,27,30). The molecule has 3 aromatic rings. The zero-order chi connectivity index (χ0) is 23.2. The van der Waals surface area contributed by atoms with Crippen LogP contribution in [0, 0.1) is 0 Å². The van der Waals surface area contributed by atoms with Gasteiger partial charge in [-0.3, -0.25) is 0 Å². The molecule has 0 saturated carbocycles. The third-order valence-corrected chi connectivity index (χ3v) is 4.67. The molecular formula is C16H7F9N4OS. The predicted octanol–water partition coefficient (Wildman–Crippen LogP) is 5.16. The summed E-state index contributed by atoms with van der Waals surface area (Å²) >= 11 is 0.174. The molecule has 0 saturated heterocycles. The van der Waals surface area contributed by atoms with Crippen LogP contribution in [0.5, 0.6) is 0 Å². The summed E-state index contributed by atoms with van der Waals surface area (Å²) in [4.78, 5) is 15.3. The van der Waals surface area contributed by atoms with E-state index in [1.165, 1.54) is 6.07 Å². The number of benzene rings is 1. The van der Waals surface area contributed by atoms with E-state index in [2.05, 4.69) is 10.1 Å². The van der Waals surface area contributed by atoms with Gasteiger partial charge in [-0.05, 0) is 30.0 Å². The van der Waals surface area contributed by atoms with E-state index in [1.807, 2.05) is 5.10 Å². The maximum absolute atomic E-state index is 13.3. The van der Waals surface area contributed by atoms with Crippen LogP contribution in [0.25, 0.3) is 5.69 Å². The van der Waals surface area contributed by atoms with Gasteiger partial charge in [0.15, 0.2) is 0 Å². The van der Waals surface area contributed by atoms with Crippen LogP contribution in [-0.4, -0.2) is 19.7 Å². The van der Waals surface area contributed by atoms with Crippen molar-refractivity contribution in [2.45, 2.75) is 28.7 Å². The van der Waals surface area contributed by atoms with Crippen LogP contribution in [-0.2, 0) is 18.5 Å². The zero-order valence-electron chi connectivity index (χ0n) is 14.5. The molecule has 166 valence electrons. The average Bonchev–Trinajstić information content (AvgIpc) is 2.99. The van der Waals surface area contributed by atoms with Crippen molar-refractivity contribution < 1.29 is 39.5 Å². The fourth-order valence-electron chi connectivity index (χ4n) is 2.52. The second-order valence-electron chi connectivity index (χ2n) is 5.83. The number of aromatic nitrogens is 4. The molecule has 0 aliphatic carbocycles.